The molecule has 4 N–H and O–H groups in total. The number of ether oxygens (including phenoxy) is 1. The van der Waals surface area contributed by atoms with Gasteiger partial charge in [-0.3, -0.25) is 0 Å². The van der Waals surface area contributed by atoms with Crippen molar-refractivity contribution in [2.75, 3.05) is 18.2 Å². The van der Waals surface area contributed by atoms with Gasteiger partial charge >= 0.3 is 6.03 Å². The number of hydrogen-bond acceptors (Lipinski definition) is 3. The molecule has 5 nitrogen and oxygen atoms in total. The first kappa shape index (κ1) is 12.5. The first-order valence-corrected chi connectivity index (χ1v) is 6.20. The maximum absolute atomic E-state index is 11.8. The Morgan fingerprint density at radius 3 is 2.78 bits per heavy atom. The van der Waals surface area contributed by atoms with Crippen molar-refractivity contribution in [3.63, 3.8) is 0 Å². The summed E-state index contributed by atoms with van der Waals surface area (Å²) in [5.41, 5.74) is 6.87. The van der Waals surface area contributed by atoms with Gasteiger partial charge in [0.2, 0.25) is 0 Å². The van der Waals surface area contributed by atoms with Crippen LogP contribution in [0.5, 0.6) is 5.75 Å². The molecule has 0 aromatic heterocycles. The van der Waals surface area contributed by atoms with Crippen molar-refractivity contribution in [3.05, 3.63) is 18.2 Å². The number of urea groups is 1. The fourth-order valence-electron chi connectivity index (χ4n) is 2.24. The molecular weight excluding hydrogens is 230 g/mol. The van der Waals surface area contributed by atoms with Crippen molar-refractivity contribution in [2.24, 2.45) is 0 Å². The van der Waals surface area contributed by atoms with Crippen molar-refractivity contribution >= 4 is 17.4 Å². The van der Waals surface area contributed by atoms with Crippen molar-refractivity contribution in [1.82, 2.24) is 5.32 Å². The molecule has 1 aliphatic carbocycles. The lowest BCUT2D eigenvalue weighted by molar-refractivity contribution is 0.248. The van der Waals surface area contributed by atoms with E-state index in [1.807, 2.05) is 0 Å². The monoisotopic (exact) mass is 249 g/mol. The predicted octanol–water partition coefficient (Wildman–Crippen LogP) is 2.34. The minimum absolute atomic E-state index is 0.203. The third-order valence-electron chi connectivity index (χ3n) is 3.16. The normalized spacial score (nSPS) is 15.4. The zero-order valence-corrected chi connectivity index (χ0v) is 10.5. The number of nitrogens with one attached hydrogen (secondary N) is 2. The Labute approximate surface area is 107 Å². The summed E-state index contributed by atoms with van der Waals surface area (Å²) in [5.74, 6) is 0.603. The number of carbonyl (C=O) groups is 1. The summed E-state index contributed by atoms with van der Waals surface area (Å²) in [5, 5.41) is 5.73. The van der Waals surface area contributed by atoms with Crippen molar-refractivity contribution in [1.29, 1.82) is 0 Å². The second kappa shape index (κ2) is 5.62. The SMILES string of the molecule is COc1ccc(N)cc1NC(=O)NC1CCCC1. The topological polar surface area (TPSA) is 76.4 Å². The van der Waals surface area contributed by atoms with Gasteiger partial charge in [-0.2, -0.15) is 0 Å². The number of rotatable bonds is 3. The first-order chi connectivity index (χ1) is 8.69. The van der Waals surface area contributed by atoms with E-state index in [0.717, 1.165) is 12.8 Å². The van der Waals surface area contributed by atoms with Gasteiger partial charge in [0, 0.05) is 11.7 Å². The van der Waals surface area contributed by atoms with Gasteiger partial charge in [0.25, 0.3) is 0 Å². The molecule has 1 saturated carbocycles. The van der Waals surface area contributed by atoms with Gasteiger partial charge in [0.1, 0.15) is 5.75 Å². The molecule has 98 valence electrons. The molecule has 1 aliphatic rings. The Balaban J connectivity index is 1.99. The Morgan fingerprint density at radius 2 is 2.11 bits per heavy atom. The maximum atomic E-state index is 11.8. The molecule has 0 atom stereocenters. The van der Waals surface area contributed by atoms with E-state index in [4.69, 9.17) is 10.5 Å². The molecule has 1 fully saturated rings. The molecule has 0 saturated heterocycles. The molecule has 0 heterocycles. The van der Waals surface area contributed by atoms with Crippen LogP contribution in [-0.2, 0) is 0 Å². The van der Waals surface area contributed by atoms with Crippen LogP contribution in [0.4, 0.5) is 16.2 Å². The predicted molar refractivity (Wildman–Crippen MR) is 71.8 cm³/mol. The Hall–Kier alpha value is -1.91. The van der Waals surface area contributed by atoms with Crippen LogP contribution in [0.1, 0.15) is 25.7 Å². The number of hydrogen-bond donors (Lipinski definition) is 3. The average Bonchev–Trinajstić information content (AvgIpc) is 2.82. The van der Waals surface area contributed by atoms with Crippen LogP contribution < -0.4 is 21.1 Å². The first-order valence-electron chi connectivity index (χ1n) is 6.20. The van der Waals surface area contributed by atoms with E-state index in [2.05, 4.69) is 10.6 Å². The third kappa shape index (κ3) is 3.06. The molecule has 1 aromatic carbocycles. The van der Waals surface area contributed by atoms with E-state index >= 15 is 0 Å². The third-order valence-corrected chi connectivity index (χ3v) is 3.16. The van der Waals surface area contributed by atoms with Crippen LogP contribution in [0.2, 0.25) is 0 Å². The van der Waals surface area contributed by atoms with Gasteiger partial charge in [0.15, 0.2) is 0 Å². The molecule has 5 heteroatoms. The zero-order valence-electron chi connectivity index (χ0n) is 10.5. The minimum Gasteiger partial charge on any atom is -0.495 e. The highest BCUT2D eigenvalue weighted by Gasteiger charge is 2.17. The smallest absolute Gasteiger partial charge is 0.319 e. The van der Waals surface area contributed by atoms with E-state index in [1.165, 1.54) is 12.8 Å². The second-order valence-corrected chi connectivity index (χ2v) is 4.54. The van der Waals surface area contributed by atoms with Gasteiger partial charge < -0.3 is 21.1 Å². The molecule has 0 bridgehead atoms. The maximum Gasteiger partial charge on any atom is 0.319 e. The molecule has 1 aromatic rings. The summed E-state index contributed by atoms with van der Waals surface area (Å²) in [4.78, 5) is 11.8. The average molecular weight is 249 g/mol. The molecule has 2 rings (SSSR count). The van der Waals surface area contributed by atoms with Gasteiger partial charge in [0.05, 0.1) is 12.8 Å². The highest BCUT2D eigenvalue weighted by molar-refractivity contribution is 5.91. The van der Waals surface area contributed by atoms with E-state index in [1.54, 1.807) is 25.3 Å². The fraction of sp³-hybridized carbons (Fsp3) is 0.462. The number of carbonyl (C=O) groups excluding carboxylic acids is 1. The fourth-order valence-corrected chi connectivity index (χ4v) is 2.24. The standard InChI is InChI=1S/C13H19N3O2/c1-18-12-7-6-9(14)8-11(12)16-13(17)15-10-4-2-3-5-10/h6-8,10H,2-5,14H2,1H3,(H2,15,16,17). The lowest BCUT2D eigenvalue weighted by atomic mass is 10.2. The van der Waals surface area contributed by atoms with Gasteiger partial charge in [-0.1, -0.05) is 12.8 Å². The van der Waals surface area contributed by atoms with E-state index in [-0.39, 0.29) is 12.1 Å². The van der Waals surface area contributed by atoms with Crippen molar-refractivity contribution in [2.45, 2.75) is 31.7 Å². The molecular formula is C13H19N3O2. The van der Waals surface area contributed by atoms with Crippen molar-refractivity contribution < 1.29 is 9.53 Å². The van der Waals surface area contributed by atoms with Crippen LogP contribution in [0.25, 0.3) is 0 Å². The summed E-state index contributed by atoms with van der Waals surface area (Å²) in [6.07, 6.45) is 4.49. The highest BCUT2D eigenvalue weighted by Crippen LogP contribution is 2.26. The molecule has 0 spiro atoms. The Kier molecular flexibility index (Phi) is 3.92. The molecule has 18 heavy (non-hydrogen) atoms. The summed E-state index contributed by atoms with van der Waals surface area (Å²) in [7, 11) is 1.56. The lowest BCUT2D eigenvalue weighted by Gasteiger charge is -2.15. The van der Waals surface area contributed by atoms with Crippen LogP contribution in [0, 0.1) is 0 Å². The number of nitrogen functional groups attached to an aromatic ring is 1. The molecule has 0 unspecified atom stereocenters. The van der Waals surface area contributed by atoms with Crippen LogP contribution in [0.15, 0.2) is 18.2 Å². The second-order valence-electron chi connectivity index (χ2n) is 4.54. The summed E-state index contributed by atoms with van der Waals surface area (Å²) < 4.78 is 5.17. The number of amides is 2. The molecule has 2 amide bonds. The Morgan fingerprint density at radius 1 is 1.39 bits per heavy atom. The highest BCUT2D eigenvalue weighted by atomic mass is 16.5. The summed E-state index contributed by atoms with van der Waals surface area (Å²) in [6.45, 7) is 0. The van der Waals surface area contributed by atoms with Crippen LogP contribution in [0.3, 0.4) is 0 Å². The van der Waals surface area contributed by atoms with E-state index in [9.17, 15) is 4.79 Å². The largest absolute Gasteiger partial charge is 0.495 e. The van der Waals surface area contributed by atoms with Gasteiger partial charge in [-0.15, -0.1) is 0 Å². The van der Waals surface area contributed by atoms with Crippen LogP contribution in [-0.4, -0.2) is 19.2 Å². The van der Waals surface area contributed by atoms with Gasteiger partial charge in [-0.05, 0) is 31.0 Å². The van der Waals surface area contributed by atoms with E-state index < -0.39 is 0 Å². The number of nitrogens with two attached hydrogens (primary N) is 1. The van der Waals surface area contributed by atoms with E-state index in [0.29, 0.717) is 17.1 Å². The Bertz CT molecular complexity index is 428. The van der Waals surface area contributed by atoms with Gasteiger partial charge in [-0.25, -0.2) is 4.79 Å². The van der Waals surface area contributed by atoms with Crippen LogP contribution >= 0.6 is 0 Å². The molecule has 0 radical (unpaired) electrons. The van der Waals surface area contributed by atoms with Crippen molar-refractivity contribution in [3.8, 4) is 5.75 Å². The number of methoxy groups -OCH3 is 1. The zero-order chi connectivity index (χ0) is 13.0. The number of anilines is 2. The number of benzene rings is 1. The lowest BCUT2D eigenvalue weighted by Crippen LogP contribution is -2.36. The molecule has 0 aliphatic heterocycles. The minimum atomic E-state index is -0.203. The summed E-state index contributed by atoms with van der Waals surface area (Å²) in [6, 6.07) is 5.25. The quantitative estimate of drug-likeness (QED) is 0.720. The summed E-state index contributed by atoms with van der Waals surface area (Å²) >= 11 is 0.